The Morgan fingerprint density at radius 2 is 1.78 bits per heavy atom. The van der Waals surface area contributed by atoms with E-state index in [1.807, 2.05) is 25.1 Å². The zero-order valence-corrected chi connectivity index (χ0v) is 22.2. The van der Waals surface area contributed by atoms with Gasteiger partial charge in [-0.25, -0.2) is 18.2 Å². The predicted molar refractivity (Wildman–Crippen MR) is 142 cm³/mol. The van der Waals surface area contributed by atoms with E-state index in [4.69, 9.17) is 9.47 Å². The van der Waals surface area contributed by atoms with Crippen LogP contribution in [0.15, 0.2) is 53.3 Å². The minimum absolute atomic E-state index is 0.251. The van der Waals surface area contributed by atoms with E-state index in [0.29, 0.717) is 29.1 Å². The molecule has 2 aromatic heterocycles. The largest absolute Gasteiger partial charge is 0.491 e. The van der Waals surface area contributed by atoms with Gasteiger partial charge in [-0.1, -0.05) is 29.8 Å². The summed E-state index contributed by atoms with van der Waals surface area (Å²) in [6.07, 6.45) is 1.15. The maximum absolute atomic E-state index is 13.5. The number of hydrogen-bond acceptors (Lipinski definition) is 6. The Morgan fingerprint density at radius 3 is 2.42 bits per heavy atom. The molecule has 0 spiro atoms. The first-order chi connectivity index (χ1) is 17.0. The summed E-state index contributed by atoms with van der Waals surface area (Å²) in [4.78, 5) is 18.1. The van der Waals surface area contributed by atoms with Crippen LogP contribution < -0.4 is 15.2 Å². The van der Waals surface area contributed by atoms with E-state index < -0.39 is 15.9 Å². The molecule has 0 saturated heterocycles. The highest BCUT2D eigenvalue weighted by atomic mass is 32.2. The normalized spacial score (nSPS) is 12.6. The van der Waals surface area contributed by atoms with Crippen LogP contribution in [0.25, 0.3) is 22.2 Å². The van der Waals surface area contributed by atoms with Gasteiger partial charge in [0.05, 0.1) is 42.2 Å². The molecule has 190 valence electrons. The van der Waals surface area contributed by atoms with Crippen LogP contribution in [0.4, 0.5) is 0 Å². The van der Waals surface area contributed by atoms with Crippen molar-refractivity contribution in [3.05, 3.63) is 75.8 Å². The summed E-state index contributed by atoms with van der Waals surface area (Å²) >= 11 is 0. The average molecular weight is 510 g/mol. The van der Waals surface area contributed by atoms with E-state index in [2.05, 4.69) is 37.0 Å². The van der Waals surface area contributed by atoms with E-state index in [1.54, 1.807) is 23.7 Å². The molecule has 2 heterocycles. The molecule has 0 aliphatic rings. The highest BCUT2D eigenvalue weighted by Crippen LogP contribution is 2.32. The topological polar surface area (TPSA) is 92.4 Å². The number of ether oxygens (including phenoxy) is 2. The molecule has 0 aliphatic carbocycles. The van der Waals surface area contributed by atoms with Crippen LogP contribution in [0.1, 0.15) is 29.8 Å². The molecule has 4 aromatic rings. The number of imidazole rings is 1. The molecule has 0 aliphatic heterocycles. The molecule has 0 saturated carbocycles. The van der Waals surface area contributed by atoms with Crippen molar-refractivity contribution in [3.8, 4) is 22.8 Å². The molecular formula is C27H31N3O5S. The standard InChI is InChI=1S/C27H31N3O5S/c1-7-35-26-25(34-5)13-11-21(28-26)24(16-36(6,32)33)30-22-12-9-19(15-23(22)29(4)27(30)31)20-10-8-17(2)14-18(20)3/h8-15,24H,7,16H2,1-6H3. The van der Waals surface area contributed by atoms with Gasteiger partial charge >= 0.3 is 5.69 Å². The third kappa shape index (κ3) is 4.88. The van der Waals surface area contributed by atoms with Gasteiger partial charge in [0.1, 0.15) is 9.84 Å². The number of sulfone groups is 1. The van der Waals surface area contributed by atoms with Gasteiger partial charge in [-0.05, 0) is 61.7 Å². The van der Waals surface area contributed by atoms with Crippen molar-refractivity contribution in [1.29, 1.82) is 0 Å². The molecule has 0 N–H and O–H groups in total. The Hall–Kier alpha value is -3.59. The van der Waals surface area contributed by atoms with Crippen LogP contribution in [0, 0.1) is 13.8 Å². The summed E-state index contributed by atoms with van der Waals surface area (Å²) in [7, 11) is -0.277. The van der Waals surface area contributed by atoms with Gasteiger partial charge in [0.15, 0.2) is 5.75 Å². The fourth-order valence-corrected chi connectivity index (χ4v) is 5.47. The Bertz CT molecular complexity index is 1600. The number of fused-ring (bicyclic) bond motifs is 1. The van der Waals surface area contributed by atoms with Gasteiger partial charge in [-0.2, -0.15) is 0 Å². The first kappa shape index (κ1) is 25.5. The lowest BCUT2D eigenvalue weighted by Crippen LogP contribution is -2.31. The summed E-state index contributed by atoms with van der Waals surface area (Å²) in [6.45, 7) is 6.30. The summed E-state index contributed by atoms with van der Waals surface area (Å²) in [5, 5.41) is 0. The van der Waals surface area contributed by atoms with E-state index in [0.717, 1.165) is 22.9 Å². The first-order valence-corrected chi connectivity index (χ1v) is 13.7. The average Bonchev–Trinajstić information content (AvgIpc) is 3.06. The Labute approximate surface area is 211 Å². The second kappa shape index (κ2) is 9.81. The summed E-state index contributed by atoms with van der Waals surface area (Å²) in [5.41, 5.74) is 5.78. The van der Waals surface area contributed by atoms with Crippen LogP contribution >= 0.6 is 0 Å². The summed E-state index contributed by atoms with van der Waals surface area (Å²) in [6, 6.07) is 14.5. The molecule has 4 rings (SSSR count). The number of pyridine rings is 1. The zero-order chi connectivity index (χ0) is 26.2. The second-order valence-electron chi connectivity index (χ2n) is 9.02. The van der Waals surface area contributed by atoms with Crippen LogP contribution in [-0.4, -0.2) is 48.3 Å². The molecule has 1 unspecified atom stereocenters. The van der Waals surface area contributed by atoms with Gasteiger partial charge in [-0.15, -0.1) is 0 Å². The van der Waals surface area contributed by atoms with Crippen LogP contribution in [-0.2, 0) is 16.9 Å². The third-order valence-corrected chi connectivity index (χ3v) is 7.17. The number of nitrogens with zero attached hydrogens (tertiary/aromatic N) is 3. The van der Waals surface area contributed by atoms with Crippen LogP contribution in [0.2, 0.25) is 0 Å². The lowest BCUT2D eigenvalue weighted by molar-refractivity contribution is 0.296. The molecule has 0 fully saturated rings. The first-order valence-electron chi connectivity index (χ1n) is 11.7. The zero-order valence-electron chi connectivity index (χ0n) is 21.4. The van der Waals surface area contributed by atoms with Gasteiger partial charge in [0.2, 0.25) is 0 Å². The van der Waals surface area contributed by atoms with Gasteiger partial charge in [0, 0.05) is 13.3 Å². The number of aryl methyl sites for hydroxylation is 3. The highest BCUT2D eigenvalue weighted by Gasteiger charge is 2.27. The fourth-order valence-electron chi connectivity index (χ4n) is 4.57. The quantitative estimate of drug-likeness (QED) is 0.356. The van der Waals surface area contributed by atoms with E-state index in [1.165, 1.54) is 17.2 Å². The summed E-state index contributed by atoms with van der Waals surface area (Å²) < 4.78 is 38.9. The lowest BCUT2D eigenvalue weighted by atomic mass is 9.98. The van der Waals surface area contributed by atoms with Gasteiger partial charge in [-0.3, -0.25) is 9.13 Å². The van der Waals surface area contributed by atoms with E-state index in [9.17, 15) is 13.2 Å². The van der Waals surface area contributed by atoms with Crippen molar-refractivity contribution in [2.75, 3.05) is 25.7 Å². The van der Waals surface area contributed by atoms with Crippen molar-refractivity contribution in [2.24, 2.45) is 7.05 Å². The molecular weight excluding hydrogens is 478 g/mol. The Morgan fingerprint density at radius 1 is 1.03 bits per heavy atom. The second-order valence-corrected chi connectivity index (χ2v) is 11.2. The van der Waals surface area contributed by atoms with E-state index >= 15 is 0 Å². The lowest BCUT2D eigenvalue weighted by Gasteiger charge is -2.19. The number of benzene rings is 2. The van der Waals surface area contributed by atoms with Crippen molar-refractivity contribution in [3.63, 3.8) is 0 Å². The maximum Gasteiger partial charge on any atom is 0.329 e. The third-order valence-electron chi connectivity index (χ3n) is 6.24. The number of methoxy groups -OCH3 is 1. The van der Waals surface area contributed by atoms with Crippen molar-refractivity contribution >= 4 is 20.9 Å². The molecule has 0 bridgehead atoms. The summed E-state index contributed by atoms with van der Waals surface area (Å²) in [5.74, 6) is 0.388. The highest BCUT2D eigenvalue weighted by molar-refractivity contribution is 7.90. The monoisotopic (exact) mass is 509 g/mol. The van der Waals surface area contributed by atoms with Crippen molar-refractivity contribution in [2.45, 2.75) is 26.8 Å². The fraction of sp³-hybridized carbons (Fsp3) is 0.333. The Kier molecular flexibility index (Phi) is 6.95. The van der Waals surface area contributed by atoms with Gasteiger partial charge < -0.3 is 9.47 Å². The number of hydrogen-bond donors (Lipinski definition) is 0. The molecule has 36 heavy (non-hydrogen) atoms. The van der Waals surface area contributed by atoms with Crippen LogP contribution in [0.3, 0.4) is 0 Å². The van der Waals surface area contributed by atoms with E-state index in [-0.39, 0.29) is 17.3 Å². The molecule has 1 atom stereocenters. The SMILES string of the molecule is CCOc1nc(C(CS(C)(=O)=O)n2c(=O)n(C)c3cc(-c4ccc(C)cc4C)ccc32)ccc1OC. The van der Waals surface area contributed by atoms with Crippen molar-refractivity contribution in [1.82, 2.24) is 14.1 Å². The number of aromatic nitrogens is 3. The smallest absolute Gasteiger partial charge is 0.329 e. The minimum Gasteiger partial charge on any atom is -0.491 e. The molecule has 9 heteroatoms. The Balaban J connectivity index is 1.93. The van der Waals surface area contributed by atoms with Gasteiger partial charge in [0.25, 0.3) is 5.88 Å². The number of rotatable bonds is 8. The molecule has 8 nitrogen and oxygen atoms in total. The minimum atomic E-state index is -3.48. The maximum atomic E-state index is 13.5. The molecule has 0 radical (unpaired) electrons. The van der Waals surface area contributed by atoms with Crippen molar-refractivity contribution < 1.29 is 17.9 Å². The predicted octanol–water partition coefficient (Wildman–Crippen LogP) is 4.06. The van der Waals surface area contributed by atoms with Crippen LogP contribution in [0.5, 0.6) is 11.6 Å². The molecule has 0 amide bonds. The molecule has 2 aromatic carbocycles.